The summed E-state index contributed by atoms with van der Waals surface area (Å²) in [6.45, 7) is 1.68. The fraction of sp³-hybridized carbons (Fsp3) is 0.435. The number of hydrogen-bond acceptors (Lipinski definition) is 7. The Balaban J connectivity index is 0.000000317. The number of aromatic nitrogens is 2. The Morgan fingerprint density at radius 2 is 1.64 bits per heavy atom. The lowest BCUT2D eigenvalue weighted by molar-refractivity contribution is -0.193. The van der Waals surface area contributed by atoms with E-state index in [1.165, 1.54) is 0 Å². The van der Waals surface area contributed by atoms with Crippen molar-refractivity contribution in [2.45, 2.75) is 50.1 Å². The van der Waals surface area contributed by atoms with Crippen LogP contribution in [0.25, 0.3) is 0 Å². The van der Waals surface area contributed by atoms with Crippen LogP contribution in [0.15, 0.2) is 48.9 Å². The van der Waals surface area contributed by atoms with Gasteiger partial charge in [-0.05, 0) is 37.1 Å². The predicted molar refractivity (Wildman–Crippen MR) is 118 cm³/mol. The predicted octanol–water partition coefficient (Wildman–Crippen LogP) is 3.33. The number of hydrogen-bond donors (Lipinski definition) is 2. The lowest BCUT2D eigenvalue weighted by Crippen LogP contribution is -2.43. The highest BCUT2D eigenvalue weighted by Gasteiger charge is 2.47. The summed E-state index contributed by atoms with van der Waals surface area (Å²) < 4.78 is 75.5. The van der Waals surface area contributed by atoms with Gasteiger partial charge in [-0.25, -0.2) is 9.59 Å². The molecule has 214 valence electrons. The van der Waals surface area contributed by atoms with Crippen LogP contribution in [0.4, 0.5) is 26.3 Å². The molecule has 2 aromatic heterocycles. The molecule has 2 aromatic rings. The molecule has 0 saturated carbocycles. The largest absolute Gasteiger partial charge is 0.490 e. The Hall–Kier alpha value is -3.79. The van der Waals surface area contributed by atoms with Gasteiger partial charge in [-0.1, -0.05) is 6.07 Å². The van der Waals surface area contributed by atoms with Gasteiger partial charge >= 0.3 is 24.3 Å². The van der Waals surface area contributed by atoms with Crippen molar-refractivity contribution in [2.75, 3.05) is 13.2 Å². The van der Waals surface area contributed by atoms with Crippen LogP contribution >= 0.6 is 0 Å². The summed E-state index contributed by atoms with van der Waals surface area (Å²) in [6.07, 6.45) is -3.42. The van der Waals surface area contributed by atoms with Gasteiger partial charge in [0.1, 0.15) is 12.2 Å². The van der Waals surface area contributed by atoms with Crippen LogP contribution in [-0.2, 0) is 25.7 Å². The molecule has 0 unspecified atom stereocenters. The Morgan fingerprint density at radius 1 is 1.00 bits per heavy atom. The number of ether oxygens (including phenoxy) is 2. The number of halogens is 6. The van der Waals surface area contributed by atoms with Gasteiger partial charge < -0.3 is 24.6 Å². The first-order valence-corrected chi connectivity index (χ1v) is 11.2. The molecule has 2 saturated heterocycles. The average molecular weight is 567 g/mol. The summed E-state index contributed by atoms with van der Waals surface area (Å²) in [5, 5.41) is 14.2. The Bertz CT molecular complexity index is 1060. The number of alkyl halides is 6. The smallest absolute Gasteiger partial charge is 0.475 e. The maximum atomic E-state index is 12.9. The minimum Gasteiger partial charge on any atom is -0.475 e. The first-order chi connectivity index (χ1) is 18.2. The summed E-state index contributed by atoms with van der Waals surface area (Å²) in [7, 11) is 0. The third-order valence-electron chi connectivity index (χ3n) is 5.30. The van der Waals surface area contributed by atoms with Crippen LogP contribution in [0.2, 0.25) is 0 Å². The third kappa shape index (κ3) is 9.79. The van der Waals surface area contributed by atoms with E-state index in [4.69, 9.17) is 29.3 Å². The second kappa shape index (κ2) is 13.8. The van der Waals surface area contributed by atoms with Crippen molar-refractivity contribution in [3.8, 4) is 0 Å². The van der Waals surface area contributed by atoms with Gasteiger partial charge in [0.05, 0.1) is 30.5 Å². The summed E-state index contributed by atoms with van der Waals surface area (Å²) in [5.74, 6) is -5.52. The minimum atomic E-state index is -5.08. The lowest BCUT2D eigenvalue weighted by atomic mass is 10.0. The van der Waals surface area contributed by atoms with Crippen molar-refractivity contribution in [1.29, 1.82) is 0 Å². The van der Waals surface area contributed by atoms with Gasteiger partial charge in [-0.2, -0.15) is 26.3 Å². The molecule has 0 aliphatic carbocycles. The normalized spacial score (nSPS) is 20.5. The molecule has 3 atom stereocenters. The van der Waals surface area contributed by atoms with E-state index in [1.54, 1.807) is 30.7 Å². The van der Waals surface area contributed by atoms with Gasteiger partial charge in [0, 0.05) is 25.2 Å². The van der Waals surface area contributed by atoms with Crippen molar-refractivity contribution in [3.05, 3.63) is 60.2 Å². The van der Waals surface area contributed by atoms with Gasteiger partial charge in [0.15, 0.2) is 0 Å². The number of carbonyl (C=O) groups excluding carboxylic acids is 1. The van der Waals surface area contributed by atoms with Gasteiger partial charge in [-0.15, -0.1) is 0 Å². The number of aliphatic carboxylic acids is 2. The molecule has 10 nitrogen and oxygen atoms in total. The maximum absolute atomic E-state index is 12.9. The highest BCUT2D eigenvalue weighted by Crippen LogP contribution is 2.32. The van der Waals surface area contributed by atoms with Gasteiger partial charge in [0.25, 0.3) is 5.91 Å². The molecule has 2 aliphatic heterocycles. The highest BCUT2D eigenvalue weighted by atomic mass is 19.4. The van der Waals surface area contributed by atoms with E-state index in [0.717, 1.165) is 25.1 Å². The van der Waals surface area contributed by atoms with E-state index in [-0.39, 0.29) is 24.2 Å². The SMILES string of the molecule is O=C(O)C(F)(F)F.O=C(O)C(F)(F)F.O=C(c1cccnc1)N1C[C@H](OCc2ccccn2)[C@H]2OCCC[C@H]21. The molecule has 4 heterocycles. The number of pyridine rings is 2. The minimum absolute atomic E-state index is 0.00228. The fourth-order valence-corrected chi connectivity index (χ4v) is 3.62. The number of likely N-dealkylation sites (tertiary alicyclic amines) is 1. The first kappa shape index (κ1) is 31.4. The van der Waals surface area contributed by atoms with Crippen LogP contribution in [0.3, 0.4) is 0 Å². The molecule has 2 fully saturated rings. The van der Waals surface area contributed by atoms with Crippen LogP contribution < -0.4 is 0 Å². The van der Waals surface area contributed by atoms with Crippen molar-refractivity contribution >= 4 is 17.8 Å². The average Bonchev–Trinajstić information content (AvgIpc) is 3.26. The molecule has 4 rings (SSSR count). The molecule has 0 aromatic carbocycles. The quantitative estimate of drug-likeness (QED) is 0.533. The van der Waals surface area contributed by atoms with Crippen LogP contribution in [-0.4, -0.2) is 86.7 Å². The second-order valence-electron chi connectivity index (χ2n) is 8.02. The zero-order chi connectivity index (χ0) is 29.2. The molecule has 39 heavy (non-hydrogen) atoms. The summed E-state index contributed by atoms with van der Waals surface area (Å²) in [6, 6.07) is 9.41. The zero-order valence-corrected chi connectivity index (χ0v) is 19.9. The summed E-state index contributed by atoms with van der Waals surface area (Å²) >= 11 is 0. The highest BCUT2D eigenvalue weighted by molar-refractivity contribution is 5.94. The Kier molecular flexibility index (Phi) is 11.2. The second-order valence-corrected chi connectivity index (χ2v) is 8.02. The fourth-order valence-electron chi connectivity index (χ4n) is 3.62. The number of fused-ring (bicyclic) bond motifs is 1. The molecule has 16 heteroatoms. The van der Waals surface area contributed by atoms with Crippen LogP contribution in [0, 0.1) is 0 Å². The van der Waals surface area contributed by atoms with Crippen LogP contribution in [0.1, 0.15) is 28.9 Å². The van der Waals surface area contributed by atoms with Gasteiger partial charge in [0.2, 0.25) is 0 Å². The van der Waals surface area contributed by atoms with Crippen molar-refractivity contribution in [1.82, 2.24) is 14.9 Å². The standard InChI is InChI=1S/C19H21N3O3.2C2HF3O2/c23-19(14-5-3-8-20-11-14)22-12-17(18-16(22)7-4-10-24-18)25-13-15-6-1-2-9-21-15;2*3-2(4,5)1(6)7/h1-3,5-6,8-9,11,16-18H,4,7,10,12-13H2;2*(H,6,7)/t16-,17+,18+;;/m1../s1. The van der Waals surface area contributed by atoms with Crippen LogP contribution in [0.5, 0.6) is 0 Å². The number of nitrogens with zero attached hydrogens (tertiary/aromatic N) is 3. The first-order valence-electron chi connectivity index (χ1n) is 11.2. The number of carbonyl (C=O) groups is 3. The van der Waals surface area contributed by atoms with E-state index in [9.17, 15) is 31.1 Å². The van der Waals surface area contributed by atoms with Crippen molar-refractivity contribution in [2.24, 2.45) is 0 Å². The lowest BCUT2D eigenvalue weighted by Gasteiger charge is -2.32. The van der Waals surface area contributed by atoms with E-state index in [0.29, 0.717) is 18.7 Å². The molecule has 2 N–H and O–H groups in total. The maximum Gasteiger partial charge on any atom is 0.490 e. The Morgan fingerprint density at radius 3 is 2.15 bits per heavy atom. The number of carboxylic acid groups (broad SMARTS) is 2. The number of carboxylic acids is 2. The van der Waals surface area contributed by atoms with E-state index in [2.05, 4.69) is 9.97 Å². The Labute approximate surface area is 217 Å². The topological polar surface area (TPSA) is 139 Å². The molecular weight excluding hydrogens is 544 g/mol. The van der Waals surface area contributed by atoms with Crippen molar-refractivity contribution < 1.29 is 60.4 Å². The molecule has 0 spiro atoms. The summed E-state index contributed by atoms with van der Waals surface area (Å²) in [4.78, 5) is 40.9. The van der Waals surface area contributed by atoms with E-state index < -0.39 is 24.3 Å². The van der Waals surface area contributed by atoms with Crippen molar-refractivity contribution in [3.63, 3.8) is 0 Å². The molecule has 0 radical (unpaired) electrons. The molecule has 0 bridgehead atoms. The van der Waals surface area contributed by atoms with E-state index in [1.807, 2.05) is 23.1 Å². The number of amides is 1. The molecule has 2 aliphatic rings. The molecular formula is C23H23F6N3O7. The van der Waals surface area contributed by atoms with Gasteiger partial charge in [-0.3, -0.25) is 14.8 Å². The molecule has 1 amide bonds. The third-order valence-corrected chi connectivity index (χ3v) is 5.30. The number of rotatable bonds is 4. The summed E-state index contributed by atoms with van der Waals surface area (Å²) in [5.41, 5.74) is 1.49. The zero-order valence-electron chi connectivity index (χ0n) is 19.9. The van der Waals surface area contributed by atoms with E-state index >= 15 is 0 Å². The monoisotopic (exact) mass is 567 g/mol.